The molecule has 0 aliphatic heterocycles. The van der Waals surface area contributed by atoms with Crippen molar-refractivity contribution in [2.24, 2.45) is 5.92 Å². The van der Waals surface area contributed by atoms with Gasteiger partial charge in [0.1, 0.15) is 16.3 Å². The molecule has 0 atom stereocenters. The third-order valence-corrected chi connectivity index (χ3v) is 7.07. The number of carbonyl (C=O) groups is 1. The van der Waals surface area contributed by atoms with Crippen LogP contribution in [0.2, 0.25) is 0 Å². The van der Waals surface area contributed by atoms with Crippen molar-refractivity contribution in [3.8, 4) is 16.3 Å². The van der Waals surface area contributed by atoms with Gasteiger partial charge in [-0.1, -0.05) is 38.1 Å². The van der Waals surface area contributed by atoms with E-state index in [9.17, 15) is 14.7 Å². The summed E-state index contributed by atoms with van der Waals surface area (Å²) in [6.07, 6.45) is 0.781. The number of nitrogens with one attached hydrogen (secondary N) is 1. The zero-order valence-electron chi connectivity index (χ0n) is 19.5. The number of amides is 1. The van der Waals surface area contributed by atoms with Crippen molar-refractivity contribution in [3.05, 3.63) is 88.7 Å². The molecular formula is C28H25N3O3S. The summed E-state index contributed by atoms with van der Waals surface area (Å²) >= 11 is 1.60. The molecule has 0 aliphatic carbocycles. The summed E-state index contributed by atoms with van der Waals surface area (Å²) in [6.45, 7) is 4.63. The molecule has 0 saturated carbocycles. The Kier molecular flexibility index (Phi) is 6.09. The first-order chi connectivity index (χ1) is 16.9. The highest BCUT2D eigenvalue weighted by Gasteiger charge is 2.22. The Bertz CT molecular complexity index is 1570. The van der Waals surface area contributed by atoms with Crippen molar-refractivity contribution >= 4 is 44.1 Å². The van der Waals surface area contributed by atoms with Crippen LogP contribution in [-0.2, 0) is 6.54 Å². The van der Waals surface area contributed by atoms with Gasteiger partial charge in [-0.05, 0) is 60.9 Å². The molecule has 2 heterocycles. The minimum atomic E-state index is -0.635. The fourth-order valence-electron chi connectivity index (χ4n) is 4.09. The van der Waals surface area contributed by atoms with Crippen LogP contribution in [0.5, 0.6) is 5.75 Å². The molecule has 0 radical (unpaired) electrons. The lowest BCUT2D eigenvalue weighted by molar-refractivity contribution is 0.102. The van der Waals surface area contributed by atoms with Crippen molar-refractivity contribution < 1.29 is 9.90 Å². The first-order valence-corrected chi connectivity index (χ1v) is 12.4. The maximum atomic E-state index is 13.3. The minimum Gasteiger partial charge on any atom is -0.506 e. The maximum Gasteiger partial charge on any atom is 0.267 e. The largest absolute Gasteiger partial charge is 0.506 e. The second kappa shape index (κ2) is 9.35. The van der Waals surface area contributed by atoms with Crippen LogP contribution in [0, 0.1) is 5.92 Å². The fraction of sp³-hybridized carbons (Fsp3) is 0.179. The number of pyridine rings is 1. The van der Waals surface area contributed by atoms with Gasteiger partial charge in [-0.2, -0.15) is 0 Å². The van der Waals surface area contributed by atoms with E-state index < -0.39 is 11.5 Å². The normalized spacial score (nSPS) is 11.4. The standard InChI is InChI=1S/C28H25N3O3S/c1-17(2)15-16-31-22-9-5-3-7-20(22)25(32)24(28(31)34)26(33)29-19-13-11-18(12-14-19)27-30-21-8-4-6-10-23(21)35-27/h3-14,17,32H,15-16H2,1-2H3,(H,29,33). The summed E-state index contributed by atoms with van der Waals surface area (Å²) in [6, 6.07) is 22.4. The molecule has 35 heavy (non-hydrogen) atoms. The SMILES string of the molecule is CC(C)CCn1c(=O)c(C(=O)Nc2ccc(-c3nc4ccccc4s3)cc2)c(O)c2ccccc21. The van der Waals surface area contributed by atoms with Gasteiger partial charge in [0.2, 0.25) is 0 Å². The molecule has 0 aliphatic rings. The molecule has 176 valence electrons. The lowest BCUT2D eigenvalue weighted by atomic mass is 10.1. The lowest BCUT2D eigenvalue weighted by Crippen LogP contribution is -2.30. The van der Waals surface area contributed by atoms with E-state index in [1.54, 1.807) is 46.2 Å². The summed E-state index contributed by atoms with van der Waals surface area (Å²) in [5.74, 6) is -0.542. The third kappa shape index (κ3) is 4.42. The summed E-state index contributed by atoms with van der Waals surface area (Å²) in [4.78, 5) is 31.1. The average Bonchev–Trinajstić information content (AvgIpc) is 3.29. The van der Waals surface area contributed by atoms with Crippen molar-refractivity contribution in [2.45, 2.75) is 26.8 Å². The molecule has 2 N–H and O–H groups in total. The molecule has 0 saturated heterocycles. The van der Waals surface area contributed by atoms with E-state index in [1.165, 1.54) is 0 Å². The number of carbonyl (C=O) groups excluding carboxylic acids is 1. The first kappa shape index (κ1) is 22.8. The second-order valence-electron chi connectivity index (χ2n) is 8.90. The number of fused-ring (bicyclic) bond motifs is 2. The molecule has 1 amide bonds. The number of aromatic hydroxyl groups is 1. The molecule has 2 aromatic heterocycles. The van der Waals surface area contributed by atoms with Crippen LogP contribution in [0.4, 0.5) is 5.69 Å². The Balaban J connectivity index is 1.46. The first-order valence-electron chi connectivity index (χ1n) is 11.5. The van der Waals surface area contributed by atoms with Gasteiger partial charge in [0.05, 0.1) is 15.7 Å². The molecular weight excluding hydrogens is 458 g/mol. The zero-order valence-corrected chi connectivity index (χ0v) is 20.3. The van der Waals surface area contributed by atoms with Crippen LogP contribution in [0.25, 0.3) is 31.7 Å². The molecule has 0 spiro atoms. The van der Waals surface area contributed by atoms with Gasteiger partial charge in [0.15, 0.2) is 0 Å². The summed E-state index contributed by atoms with van der Waals surface area (Å²) in [5, 5.41) is 15.0. The molecule has 6 nitrogen and oxygen atoms in total. The molecule has 0 unspecified atom stereocenters. The summed E-state index contributed by atoms with van der Waals surface area (Å²) in [7, 11) is 0. The third-order valence-electron chi connectivity index (χ3n) is 5.99. The number of thiazole rings is 1. The highest BCUT2D eigenvalue weighted by molar-refractivity contribution is 7.21. The number of aromatic nitrogens is 2. The van der Waals surface area contributed by atoms with E-state index in [4.69, 9.17) is 0 Å². The minimum absolute atomic E-state index is 0.247. The van der Waals surface area contributed by atoms with E-state index >= 15 is 0 Å². The average molecular weight is 484 g/mol. The number of hydrogen-bond donors (Lipinski definition) is 2. The molecule has 0 bridgehead atoms. The van der Waals surface area contributed by atoms with E-state index in [2.05, 4.69) is 24.1 Å². The Hall–Kier alpha value is -3.97. The Labute approximate surface area is 206 Å². The van der Waals surface area contributed by atoms with Crippen LogP contribution >= 0.6 is 11.3 Å². The van der Waals surface area contributed by atoms with E-state index in [0.717, 1.165) is 27.2 Å². The van der Waals surface area contributed by atoms with Crippen LogP contribution in [0.1, 0.15) is 30.6 Å². The van der Waals surface area contributed by atoms with Gasteiger partial charge in [0, 0.05) is 23.2 Å². The van der Waals surface area contributed by atoms with Crippen LogP contribution in [0.15, 0.2) is 77.6 Å². The fourth-order valence-corrected chi connectivity index (χ4v) is 5.06. The van der Waals surface area contributed by atoms with E-state index in [1.807, 2.05) is 42.5 Å². The van der Waals surface area contributed by atoms with Gasteiger partial charge in [-0.25, -0.2) is 4.98 Å². The molecule has 5 rings (SSSR count). The topological polar surface area (TPSA) is 84.2 Å². The van der Waals surface area contributed by atoms with E-state index in [-0.39, 0.29) is 11.3 Å². The van der Waals surface area contributed by atoms with Gasteiger partial charge in [-0.15, -0.1) is 11.3 Å². The predicted octanol–water partition coefficient (Wildman–Crippen LogP) is 6.28. The van der Waals surface area contributed by atoms with Crippen LogP contribution in [0.3, 0.4) is 0 Å². The Morgan fingerprint density at radius 1 is 1.03 bits per heavy atom. The van der Waals surface area contributed by atoms with Gasteiger partial charge in [-0.3, -0.25) is 9.59 Å². The highest BCUT2D eigenvalue weighted by Crippen LogP contribution is 2.31. The van der Waals surface area contributed by atoms with Crippen LogP contribution in [-0.4, -0.2) is 20.6 Å². The van der Waals surface area contributed by atoms with Crippen molar-refractivity contribution in [1.29, 1.82) is 0 Å². The molecule has 5 aromatic rings. The number of para-hydroxylation sites is 2. The highest BCUT2D eigenvalue weighted by atomic mass is 32.1. The van der Waals surface area contributed by atoms with Crippen molar-refractivity contribution in [3.63, 3.8) is 0 Å². The Morgan fingerprint density at radius 3 is 2.49 bits per heavy atom. The number of hydrogen-bond acceptors (Lipinski definition) is 5. The van der Waals surface area contributed by atoms with Gasteiger partial charge in [0.25, 0.3) is 11.5 Å². The lowest BCUT2D eigenvalue weighted by Gasteiger charge is -2.16. The Morgan fingerprint density at radius 2 is 1.74 bits per heavy atom. The van der Waals surface area contributed by atoms with Gasteiger partial charge < -0.3 is 15.0 Å². The number of benzene rings is 3. The zero-order chi connectivity index (χ0) is 24.5. The number of aryl methyl sites for hydroxylation is 1. The van der Waals surface area contributed by atoms with E-state index in [0.29, 0.717) is 29.1 Å². The quantitative estimate of drug-likeness (QED) is 0.298. The van der Waals surface area contributed by atoms with Gasteiger partial charge >= 0.3 is 0 Å². The predicted molar refractivity (Wildman–Crippen MR) is 142 cm³/mol. The number of nitrogens with zero attached hydrogens (tertiary/aromatic N) is 2. The smallest absolute Gasteiger partial charge is 0.267 e. The molecule has 3 aromatic carbocycles. The summed E-state index contributed by atoms with van der Waals surface area (Å²) in [5.41, 5.74) is 2.29. The monoisotopic (exact) mass is 483 g/mol. The van der Waals surface area contributed by atoms with Crippen molar-refractivity contribution in [2.75, 3.05) is 5.32 Å². The molecule has 0 fully saturated rings. The number of rotatable bonds is 6. The second-order valence-corrected chi connectivity index (χ2v) is 9.93. The maximum absolute atomic E-state index is 13.3. The molecule has 7 heteroatoms. The van der Waals surface area contributed by atoms with Crippen LogP contribution < -0.4 is 10.9 Å². The van der Waals surface area contributed by atoms with Crippen molar-refractivity contribution in [1.82, 2.24) is 9.55 Å². The summed E-state index contributed by atoms with van der Waals surface area (Å²) < 4.78 is 2.70. The number of anilines is 1.